The molecule has 2 fully saturated rings. The summed E-state index contributed by atoms with van der Waals surface area (Å²) in [7, 11) is 0. The predicted molar refractivity (Wildman–Crippen MR) is 110 cm³/mol. The van der Waals surface area contributed by atoms with E-state index >= 15 is 0 Å². The van der Waals surface area contributed by atoms with Gasteiger partial charge in [-0.15, -0.1) is 0 Å². The van der Waals surface area contributed by atoms with Crippen molar-refractivity contribution in [3.05, 3.63) is 11.6 Å². The van der Waals surface area contributed by atoms with Crippen LogP contribution < -0.4 is 0 Å². The topological polar surface area (TPSA) is 86.7 Å². The van der Waals surface area contributed by atoms with E-state index in [4.69, 9.17) is 9.47 Å². The van der Waals surface area contributed by atoms with Crippen molar-refractivity contribution in [3.63, 3.8) is 0 Å². The quantitative estimate of drug-likeness (QED) is 0.645. The molecule has 0 aromatic heterocycles. The van der Waals surface area contributed by atoms with E-state index in [0.717, 1.165) is 18.4 Å². The molecule has 0 heterocycles. The molecule has 0 amide bonds. The maximum Gasteiger partial charge on any atom is 0.303 e. The van der Waals surface area contributed by atoms with Gasteiger partial charge in [0.25, 0.3) is 0 Å². The number of ether oxygens (including phenoxy) is 2. The zero-order chi connectivity index (χ0) is 22.5. The van der Waals surface area contributed by atoms with Crippen LogP contribution in [-0.4, -0.2) is 36.2 Å². The number of allylic oxidation sites excluding steroid dienone is 2. The largest absolute Gasteiger partial charge is 0.462 e. The summed E-state index contributed by atoms with van der Waals surface area (Å²) < 4.78 is 10.7. The summed E-state index contributed by atoms with van der Waals surface area (Å²) >= 11 is 0. The Morgan fingerprint density at radius 3 is 2.40 bits per heavy atom. The van der Waals surface area contributed by atoms with Gasteiger partial charge in [-0.2, -0.15) is 0 Å². The zero-order valence-electron chi connectivity index (χ0n) is 19.0. The molecular formula is C24H34O6. The number of carbonyl (C=O) groups excluding carboxylic acids is 4. The van der Waals surface area contributed by atoms with Gasteiger partial charge >= 0.3 is 11.9 Å². The molecule has 3 aliphatic carbocycles. The van der Waals surface area contributed by atoms with Crippen LogP contribution in [0.3, 0.4) is 0 Å². The standard InChI is InChI=1S/C24H34O6/c1-14-9-17(27)10-20-23(5)8-7-22(4,11-18(23)19(28)12-24(14,20)6)21(30-16(3)26)13-29-15(2)25/h9,18,20-21H,7-8,10-13H2,1-6H3/t18-,20-,21-,22+,23+,24-/m1/s1. The average molecular weight is 419 g/mol. The first-order valence-corrected chi connectivity index (χ1v) is 10.9. The minimum absolute atomic E-state index is 0.00941. The Bertz CT molecular complexity index is 813. The van der Waals surface area contributed by atoms with Crippen molar-refractivity contribution in [3.8, 4) is 0 Å². The molecule has 0 saturated heterocycles. The van der Waals surface area contributed by atoms with Gasteiger partial charge in [-0.05, 0) is 49.0 Å². The number of esters is 2. The van der Waals surface area contributed by atoms with Crippen LogP contribution in [0, 0.1) is 28.1 Å². The summed E-state index contributed by atoms with van der Waals surface area (Å²) in [5, 5.41) is 0. The lowest BCUT2D eigenvalue weighted by atomic mass is 9.42. The van der Waals surface area contributed by atoms with Crippen LogP contribution in [0.5, 0.6) is 0 Å². The number of hydrogen-bond donors (Lipinski definition) is 0. The molecule has 6 atom stereocenters. The molecule has 166 valence electrons. The lowest BCUT2D eigenvalue weighted by molar-refractivity contribution is -0.179. The Kier molecular flexibility index (Phi) is 5.76. The molecule has 6 heteroatoms. The highest BCUT2D eigenvalue weighted by Gasteiger charge is 2.62. The van der Waals surface area contributed by atoms with Gasteiger partial charge in [0.05, 0.1) is 0 Å². The fourth-order valence-corrected chi connectivity index (χ4v) is 6.37. The van der Waals surface area contributed by atoms with Crippen molar-refractivity contribution in [2.45, 2.75) is 79.8 Å². The normalized spacial score (nSPS) is 39.3. The summed E-state index contributed by atoms with van der Waals surface area (Å²) in [6.07, 6.45) is 4.09. The molecule has 0 N–H and O–H groups in total. The van der Waals surface area contributed by atoms with Crippen LogP contribution in [0.1, 0.15) is 73.6 Å². The maximum absolute atomic E-state index is 13.4. The first-order valence-electron chi connectivity index (χ1n) is 10.9. The minimum Gasteiger partial charge on any atom is -0.462 e. The first-order chi connectivity index (χ1) is 13.8. The number of carbonyl (C=O) groups is 4. The molecule has 0 aromatic rings. The van der Waals surface area contributed by atoms with Gasteiger partial charge in [-0.25, -0.2) is 0 Å². The summed E-state index contributed by atoms with van der Waals surface area (Å²) in [5.74, 6) is -0.575. The Hall–Kier alpha value is -1.98. The Morgan fingerprint density at radius 2 is 1.80 bits per heavy atom. The third kappa shape index (κ3) is 3.74. The van der Waals surface area contributed by atoms with Gasteiger partial charge in [0.1, 0.15) is 18.5 Å². The van der Waals surface area contributed by atoms with Gasteiger partial charge < -0.3 is 9.47 Å². The van der Waals surface area contributed by atoms with Gasteiger partial charge in [0.2, 0.25) is 0 Å². The van der Waals surface area contributed by atoms with E-state index in [1.807, 2.05) is 13.8 Å². The van der Waals surface area contributed by atoms with Crippen LogP contribution in [-0.2, 0) is 28.7 Å². The van der Waals surface area contributed by atoms with E-state index in [9.17, 15) is 19.2 Å². The first kappa shape index (κ1) is 22.7. The molecule has 3 aliphatic rings. The fraction of sp³-hybridized carbons (Fsp3) is 0.750. The SMILES string of the molecule is CC(=O)OC[C@@H](OC(C)=O)[C@@]1(C)CC[C@@]2(C)[C@H](C1)C(=O)C[C@]1(C)C(C)=CC(=O)C[C@H]21. The van der Waals surface area contributed by atoms with Gasteiger partial charge in [0.15, 0.2) is 5.78 Å². The van der Waals surface area contributed by atoms with E-state index in [1.165, 1.54) is 13.8 Å². The second-order valence-corrected chi connectivity index (χ2v) is 10.4. The van der Waals surface area contributed by atoms with Crippen LogP contribution in [0.4, 0.5) is 0 Å². The van der Waals surface area contributed by atoms with Gasteiger partial charge in [0, 0.05) is 38.0 Å². The molecule has 0 unspecified atom stereocenters. The number of hydrogen-bond acceptors (Lipinski definition) is 6. The molecule has 0 aromatic carbocycles. The number of rotatable bonds is 4. The highest BCUT2D eigenvalue weighted by atomic mass is 16.6. The number of Topliss-reactive ketones (excluding diaryl/α,β-unsaturated/α-hetero) is 1. The monoisotopic (exact) mass is 418 g/mol. The molecule has 30 heavy (non-hydrogen) atoms. The van der Waals surface area contributed by atoms with Crippen LogP contribution in [0.2, 0.25) is 0 Å². The molecule has 0 bridgehead atoms. The van der Waals surface area contributed by atoms with Crippen molar-refractivity contribution in [2.24, 2.45) is 28.1 Å². The third-order valence-electron chi connectivity index (χ3n) is 8.40. The Labute approximate surface area is 178 Å². The molecule has 6 nitrogen and oxygen atoms in total. The molecule has 0 spiro atoms. The summed E-state index contributed by atoms with van der Waals surface area (Å²) in [4.78, 5) is 48.9. The molecule has 2 saturated carbocycles. The van der Waals surface area contributed by atoms with Crippen molar-refractivity contribution in [1.82, 2.24) is 0 Å². The second-order valence-electron chi connectivity index (χ2n) is 10.4. The fourth-order valence-electron chi connectivity index (χ4n) is 6.37. The van der Waals surface area contributed by atoms with Gasteiger partial charge in [-0.1, -0.05) is 26.3 Å². The average Bonchev–Trinajstić information content (AvgIpc) is 2.62. The summed E-state index contributed by atoms with van der Waals surface area (Å²) in [6.45, 7) is 10.9. The highest BCUT2D eigenvalue weighted by molar-refractivity contribution is 5.93. The van der Waals surface area contributed by atoms with E-state index < -0.39 is 23.5 Å². The smallest absolute Gasteiger partial charge is 0.303 e. The third-order valence-corrected chi connectivity index (χ3v) is 8.40. The van der Waals surface area contributed by atoms with Crippen molar-refractivity contribution < 1.29 is 28.7 Å². The molecular weight excluding hydrogens is 384 g/mol. The number of ketones is 2. The zero-order valence-corrected chi connectivity index (χ0v) is 19.0. The van der Waals surface area contributed by atoms with Crippen molar-refractivity contribution in [2.75, 3.05) is 6.61 Å². The summed E-state index contributed by atoms with van der Waals surface area (Å²) in [6, 6.07) is 0. The Balaban J connectivity index is 1.92. The lowest BCUT2D eigenvalue weighted by Gasteiger charge is -2.61. The van der Waals surface area contributed by atoms with Gasteiger partial charge in [-0.3, -0.25) is 19.2 Å². The molecule has 3 rings (SSSR count). The van der Waals surface area contributed by atoms with Crippen molar-refractivity contribution in [1.29, 1.82) is 0 Å². The van der Waals surface area contributed by atoms with E-state index in [2.05, 4.69) is 13.8 Å². The van der Waals surface area contributed by atoms with E-state index in [0.29, 0.717) is 19.3 Å². The van der Waals surface area contributed by atoms with E-state index in [1.54, 1.807) is 6.08 Å². The van der Waals surface area contributed by atoms with Crippen LogP contribution in [0.25, 0.3) is 0 Å². The van der Waals surface area contributed by atoms with Crippen molar-refractivity contribution >= 4 is 23.5 Å². The second kappa shape index (κ2) is 7.61. The predicted octanol–water partition coefficient (Wildman–Crippen LogP) is 3.81. The number of fused-ring (bicyclic) bond motifs is 3. The lowest BCUT2D eigenvalue weighted by Crippen LogP contribution is -2.59. The molecule has 0 aliphatic heterocycles. The molecule has 0 radical (unpaired) electrons. The highest BCUT2D eigenvalue weighted by Crippen LogP contribution is 2.65. The summed E-state index contributed by atoms with van der Waals surface area (Å²) in [5.41, 5.74) is -0.0237. The maximum atomic E-state index is 13.4. The van der Waals surface area contributed by atoms with Crippen LogP contribution >= 0.6 is 0 Å². The van der Waals surface area contributed by atoms with Crippen LogP contribution in [0.15, 0.2) is 11.6 Å². The van der Waals surface area contributed by atoms with E-state index in [-0.39, 0.29) is 40.8 Å². The Morgan fingerprint density at radius 1 is 1.13 bits per heavy atom. The minimum atomic E-state index is -0.598.